The summed E-state index contributed by atoms with van der Waals surface area (Å²) in [7, 11) is 0. The molecule has 0 radical (unpaired) electrons. The van der Waals surface area contributed by atoms with Crippen molar-refractivity contribution in [3.8, 4) is 11.6 Å². The number of ether oxygens (including phenoxy) is 1. The maximum atomic E-state index is 12.6. The molecular weight excluding hydrogens is 392 g/mol. The third-order valence-electron chi connectivity index (χ3n) is 5.06. The van der Waals surface area contributed by atoms with Crippen LogP contribution in [-0.4, -0.2) is 31.5 Å². The number of carbonyl (C=O) groups excluding carboxylic acids is 1. The highest BCUT2D eigenvalue weighted by molar-refractivity contribution is 5.94. The van der Waals surface area contributed by atoms with Gasteiger partial charge in [0.2, 0.25) is 0 Å². The van der Waals surface area contributed by atoms with E-state index >= 15 is 0 Å². The molecule has 1 atom stereocenters. The second-order valence-electron chi connectivity index (χ2n) is 7.18. The third-order valence-corrected chi connectivity index (χ3v) is 5.06. The number of amides is 1. The van der Waals surface area contributed by atoms with Gasteiger partial charge in [-0.15, -0.1) is 0 Å². The van der Waals surface area contributed by atoms with Crippen molar-refractivity contribution in [2.45, 2.75) is 18.9 Å². The molecule has 2 aromatic carbocycles. The van der Waals surface area contributed by atoms with Gasteiger partial charge in [-0.2, -0.15) is 0 Å². The first-order chi connectivity index (χ1) is 15.2. The van der Waals surface area contributed by atoms with Crippen LogP contribution in [0.15, 0.2) is 79.6 Å². The summed E-state index contributed by atoms with van der Waals surface area (Å²) in [6, 6.07) is 17.1. The number of para-hydroxylation sites is 1. The van der Waals surface area contributed by atoms with E-state index in [1.807, 2.05) is 60.8 Å². The van der Waals surface area contributed by atoms with Gasteiger partial charge in [0.1, 0.15) is 30.0 Å². The summed E-state index contributed by atoms with van der Waals surface area (Å²) >= 11 is 0. The Morgan fingerprint density at radius 2 is 1.90 bits per heavy atom. The van der Waals surface area contributed by atoms with Crippen molar-refractivity contribution in [3.63, 3.8) is 0 Å². The van der Waals surface area contributed by atoms with Crippen molar-refractivity contribution in [1.82, 2.24) is 19.5 Å². The molecule has 0 spiro atoms. The minimum absolute atomic E-state index is 0.143. The van der Waals surface area contributed by atoms with Gasteiger partial charge in [0.15, 0.2) is 6.10 Å². The molecule has 1 aliphatic heterocycles. The second kappa shape index (κ2) is 8.27. The normalized spacial score (nSPS) is 14.9. The largest absolute Gasteiger partial charge is 0.480 e. The van der Waals surface area contributed by atoms with E-state index in [-0.39, 0.29) is 5.91 Å². The van der Waals surface area contributed by atoms with Gasteiger partial charge in [0.05, 0.1) is 0 Å². The molecule has 2 N–H and O–H groups in total. The number of rotatable bonds is 5. The summed E-state index contributed by atoms with van der Waals surface area (Å²) in [6.07, 6.45) is 7.69. The minimum Gasteiger partial charge on any atom is -0.480 e. The SMILES string of the molecule is O=C(Nc1ccc(Nc2cc(-n3ccnc3)ncn2)cc1)[C@@H]1CCc2ccccc2O1. The average Bonchev–Trinajstić information content (AvgIpc) is 3.35. The van der Waals surface area contributed by atoms with Gasteiger partial charge in [-0.1, -0.05) is 18.2 Å². The summed E-state index contributed by atoms with van der Waals surface area (Å²) in [4.78, 5) is 25.2. The molecule has 0 saturated carbocycles. The van der Waals surface area contributed by atoms with Crippen LogP contribution in [0.3, 0.4) is 0 Å². The summed E-state index contributed by atoms with van der Waals surface area (Å²) in [5.74, 6) is 2.02. The van der Waals surface area contributed by atoms with Gasteiger partial charge < -0.3 is 15.4 Å². The van der Waals surface area contributed by atoms with Gasteiger partial charge in [0.25, 0.3) is 5.91 Å². The van der Waals surface area contributed by atoms with Crippen molar-refractivity contribution >= 4 is 23.1 Å². The molecule has 4 aromatic rings. The molecule has 0 bridgehead atoms. The Labute approximate surface area is 179 Å². The molecule has 1 amide bonds. The number of benzene rings is 2. The Morgan fingerprint density at radius 1 is 1.06 bits per heavy atom. The summed E-state index contributed by atoms with van der Waals surface area (Å²) in [6.45, 7) is 0. The van der Waals surface area contributed by atoms with Crippen LogP contribution in [0.1, 0.15) is 12.0 Å². The fraction of sp³-hybridized carbons (Fsp3) is 0.130. The predicted molar refractivity (Wildman–Crippen MR) is 117 cm³/mol. The average molecular weight is 412 g/mol. The molecule has 0 aliphatic carbocycles. The number of nitrogens with one attached hydrogen (secondary N) is 2. The van der Waals surface area contributed by atoms with Gasteiger partial charge in [0, 0.05) is 29.8 Å². The maximum Gasteiger partial charge on any atom is 0.265 e. The molecule has 0 unspecified atom stereocenters. The number of hydrogen-bond acceptors (Lipinski definition) is 6. The zero-order valence-corrected chi connectivity index (χ0v) is 16.6. The Balaban J connectivity index is 1.22. The number of fused-ring (bicyclic) bond motifs is 1. The fourth-order valence-electron chi connectivity index (χ4n) is 3.47. The number of aromatic nitrogens is 4. The number of anilines is 3. The molecular formula is C23H20N6O2. The van der Waals surface area contributed by atoms with E-state index in [4.69, 9.17) is 4.74 Å². The standard InChI is InChI=1S/C23H20N6O2/c30-23(20-10-5-16-3-1-2-4-19(16)31-20)28-18-8-6-17(7-9-18)27-21-13-22(26-14-25-21)29-12-11-24-15-29/h1-4,6-9,11-15,20H,5,10H2,(H,28,30)(H,25,26,27)/t20-/m0/s1. The van der Waals surface area contributed by atoms with Crippen molar-refractivity contribution in [3.05, 3.63) is 85.2 Å². The highest BCUT2D eigenvalue weighted by atomic mass is 16.5. The van der Waals surface area contributed by atoms with Crippen LogP contribution in [-0.2, 0) is 11.2 Å². The monoisotopic (exact) mass is 412 g/mol. The predicted octanol–water partition coefficient (Wildman–Crippen LogP) is 3.74. The lowest BCUT2D eigenvalue weighted by atomic mass is 10.0. The molecule has 0 saturated heterocycles. The maximum absolute atomic E-state index is 12.6. The lowest BCUT2D eigenvalue weighted by molar-refractivity contribution is -0.123. The highest BCUT2D eigenvalue weighted by Gasteiger charge is 2.25. The number of imidazole rings is 1. The van der Waals surface area contributed by atoms with E-state index < -0.39 is 6.10 Å². The Bertz CT molecular complexity index is 1190. The zero-order chi connectivity index (χ0) is 21.0. The Morgan fingerprint density at radius 3 is 2.74 bits per heavy atom. The molecule has 5 rings (SSSR count). The topological polar surface area (TPSA) is 94.0 Å². The fourth-order valence-corrected chi connectivity index (χ4v) is 3.47. The minimum atomic E-state index is -0.490. The summed E-state index contributed by atoms with van der Waals surface area (Å²) in [5.41, 5.74) is 2.69. The molecule has 154 valence electrons. The quantitative estimate of drug-likeness (QED) is 0.519. The molecule has 0 fully saturated rings. The van der Waals surface area contributed by atoms with E-state index in [2.05, 4.69) is 25.6 Å². The smallest absolute Gasteiger partial charge is 0.265 e. The van der Waals surface area contributed by atoms with Gasteiger partial charge in [-0.3, -0.25) is 9.36 Å². The van der Waals surface area contributed by atoms with Crippen LogP contribution < -0.4 is 15.4 Å². The third kappa shape index (κ3) is 4.23. The van der Waals surface area contributed by atoms with Crippen LogP contribution in [0.25, 0.3) is 5.82 Å². The first-order valence-electron chi connectivity index (χ1n) is 9.97. The number of nitrogens with zero attached hydrogens (tertiary/aromatic N) is 4. The number of aryl methyl sites for hydroxylation is 1. The van der Waals surface area contributed by atoms with Crippen molar-refractivity contribution < 1.29 is 9.53 Å². The van der Waals surface area contributed by atoms with Crippen molar-refractivity contribution in [1.29, 1.82) is 0 Å². The lowest BCUT2D eigenvalue weighted by Crippen LogP contribution is -2.35. The molecule has 1 aliphatic rings. The number of hydrogen-bond donors (Lipinski definition) is 2. The van der Waals surface area contributed by atoms with Gasteiger partial charge in [-0.25, -0.2) is 15.0 Å². The zero-order valence-electron chi connectivity index (χ0n) is 16.6. The molecule has 2 aromatic heterocycles. The molecule has 31 heavy (non-hydrogen) atoms. The van der Waals surface area contributed by atoms with Crippen LogP contribution in [0.4, 0.5) is 17.2 Å². The highest BCUT2D eigenvalue weighted by Crippen LogP contribution is 2.27. The summed E-state index contributed by atoms with van der Waals surface area (Å²) < 4.78 is 7.67. The van der Waals surface area contributed by atoms with Crippen LogP contribution in [0.5, 0.6) is 5.75 Å². The molecule has 3 heterocycles. The Hall–Kier alpha value is -4.20. The Kier molecular flexibility index (Phi) is 5.02. The number of carbonyl (C=O) groups is 1. The van der Waals surface area contributed by atoms with Crippen LogP contribution in [0, 0.1) is 0 Å². The van der Waals surface area contributed by atoms with E-state index in [0.29, 0.717) is 23.7 Å². The second-order valence-corrected chi connectivity index (χ2v) is 7.18. The molecule has 8 nitrogen and oxygen atoms in total. The molecule has 8 heteroatoms. The van der Waals surface area contributed by atoms with Gasteiger partial charge >= 0.3 is 0 Å². The summed E-state index contributed by atoms with van der Waals surface area (Å²) in [5, 5.41) is 6.17. The van der Waals surface area contributed by atoms with E-state index in [1.165, 1.54) is 6.33 Å². The van der Waals surface area contributed by atoms with Crippen LogP contribution in [0.2, 0.25) is 0 Å². The van der Waals surface area contributed by atoms with Gasteiger partial charge in [-0.05, 0) is 48.7 Å². The van der Waals surface area contributed by atoms with E-state index in [0.717, 1.165) is 23.4 Å². The van der Waals surface area contributed by atoms with Crippen molar-refractivity contribution in [2.24, 2.45) is 0 Å². The van der Waals surface area contributed by atoms with E-state index in [9.17, 15) is 4.79 Å². The lowest BCUT2D eigenvalue weighted by Gasteiger charge is -2.25. The van der Waals surface area contributed by atoms with Crippen LogP contribution >= 0.6 is 0 Å². The first kappa shape index (κ1) is 18.8. The van der Waals surface area contributed by atoms with E-state index in [1.54, 1.807) is 17.1 Å². The van der Waals surface area contributed by atoms with Crippen molar-refractivity contribution in [2.75, 3.05) is 10.6 Å². The first-order valence-corrected chi connectivity index (χ1v) is 9.97.